The number of cyclic esters (lactones) is 1. The zero-order chi connectivity index (χ0) is 12.5. The summed E-state index contributed by atoms with van der Waals surface area (Å²) in [6.07, 6.45) is 0.504. The molecular weight excluding hydrogens is 218 g/mol. The molecule has 1 fully saturated rings. The summed E-state index contributed by atoms with van der Waals surface area (Å²) in [6, 6.07) is 8.28. The number of nitrogens with one attached hydrogen (secondary N) is 1. The fraction of sp³-hybridized carbons (Fsp3) is 0.385. The van der Waals surface area contributed by atoms with Crippen molar-refractivity contribution in [2.24, 2.45) is 0 Å². The predicted octanol–water partition coefficient (Wildman–Crippen LogP) is 1.51. The first-order chi connectivity index (χ1) is 7.98. The molecule has 90 valence electrons. The van der Waals surface area contributed by atoms with Crippen molar-refractivity contribution in [1.29, 1.82) is 0 Å². The van der Waals surface area contributed by atoms with E-state index in [1.54, 1.807) is 24.3 Å². The zero-order valence-corrected chi connectivity index (χ0v) is 9.90. The summed E-state index contributed by atoms with van der Waals surface area (Å²) in [5.41, 5.74) is 0.0520. The highest BCUT2D eigenvalue weighted by atomic mass is 16.6. The van der Waals surface area contributed by atoms with Crippen molar-refractivity contribution in [2.75, 3.05) is 0 Å². The van der Waals surface area contributed by atoms with Crippen LogP contribution in [-0.2, 0) is 9.53 Å². The molecule has 0 aliphatic carbocycles. The van der Waals surface area contributed by atoms with Crippen LogP contribution in [0, 0.1) is 0 Å². The summed E-state index contributed by atoms with van der Waals surface area (Å²) in [4.78, 5) is 23.4. The maximum absolute atomic E-state index is 11.8. The van der Waals surface area contributed by atoms with Gasteiger partial charge in [0.1, 0.15) is 11.6 Å². The molecule has 0 spiro atoms. The molecular formula is C13H15NO3. The first kappa shape index (κ1) is 11.6. The van der Waals surface area contributed by atoms with Gasteiger partial charge in [-0.3, -0.25) is 4.79 Å². The lowest BCUT2D eigenvalue weighted by Gasteiger charge is -2.14. The highest BCUT2D eigenvalue weighted by molar-refractivity contribution is 5.97. The molecule has 0 bridgehead atoms. The monoisotopic (exact) mass is 233 g/mol. The fourth-order valence-corrected chi connectivity index (χ4v) is 1.90. The van der Waals surface area contributed by atoms with Crippen molar-refractivity contribution in [3.8, 4) is 0 Å². The highest BCUT2D eigenvalue weighted by Crippen LogP contribution is 2.25. The Balaban J connectivity index is 2.03. The average Bonchev–Trinajstić information content (AvgIpc) is 2.53. The number of carbonyl (C=O) groups is 2. The third kappa shape index (κ3) is 2.64. The van der Waals surface area contributed by atoms with Gasteiger partial charge in [0, 0.05) is 12.0 Å². The molecule has 1 N–H and O–H groups in total. The molecule has 1 heterocycles. The third-order valence-corrected chi connectivity index (χ3v) is 2.70. The first-order valence-corrected chi connectivity index (χ1v) is 5.57. The van der Waals surface area contributed by atoms with Gasteiger partial charge in [0.15, 0.2) is 0 Å². The summed E-state index contributed by atoms with van der Waals surface area (Å²) in [7, 11) is 0. The van der Waals surface area contributed by atoms with E-state index in [0.29, 0.717) is 12.0 Å². The molecule has 1 aliphatic rings. The van der Waals surface area contributed by atoms with E-state index in [4.69, 9.17) is 4.74 Å². The molecule has 0 unspecified atom stereocenters. The summed E-state index contributed by atoms with van der Waals surface area (Å²) >= 11 is 0. The first-order valence-electron chi connectivity index (χ1n) is 5.57. The molecule has 1 atom stereocenters. The molecule has 0 radical (unpaired) electrons. The van der Waals surface area contributed by atoms with Gasteiger partial charge in [0.05, 0.1) is 0 Å². The van der Waals surface area contributed by atoms with E-state index in [2.05, 4.69) is 5.32 Å². The van der Waals surface area contributed by atoms with Crippen molar-refractivity contribution in [1.82, 2.24) is 5.32 Å². The molecule has 4 nitrogen and oxygen atoms in total. The Morgan fingerprint density at radius 2 is 2.00 bits per heavy atom. The van der Waals surface area contributed by atoms with Gasteiger partial charge in [0.25, 0.3) is 5.91 Å². The van der Waals surface area contributed by atoms with Crippen LogP contribution in [0.5, 0.6) is 0 Å². The van der Waals surface area contributed by atoms with Gasteiger partial charge in [-0.2, -0.15) is 0 Å². The fourth-order valence-electron chi connectivity index (χ4n) is 1.90. The van der Waals surface area contributed by atoms with Gasteiger partial charge in [-0.1, -0.05) is 18.2 Å². The molecule has 17 heavy (non-hydrogen) atoms. The molecule has 0 saturated carbocycles. The Hall–Kier alpha value is -1.84. The molecule has 0 aromatic heterocycles. The van der Waals surface area contributed by atoms with Crippen LogP contribution in [0.4, 0.5) is 0 Å². The lowest BCUT2D eigenvalue weighted by Crippen LogP contribution is -2.38. The molecule has 1 saturated heterocycles. The maximum Gasteiger partial charge on any atom is 0.329 e. The van der Waals surface area contributed by atoms with E-state index < -0.39 is 11.6 Å². The largest absolute Gasteiger partial charge is 0.458 e. The second kappa shape index (κ2) is 4.20. The van der Waals surface area contributed by atoms with Crippen molar-refractivity contribution in [3.05, 3.63) is 35.9 Å². The minimum absolute atomic E-state index is 0.245. The Bertz CT molecular complexity index is 439. The number of carbonyl (C=O) groups excluding carboxylic acids is 2. The minimum Gasteiger partial charge on any atom is -0.458 e. The highest BCUT2D eigenvalue weighted by Gasteiger charge is 2.40. The topological polar surface area (TPSA) is 55.4 Å². The molecule has 1 aliphatic heterocycles. The second-order valence-corrected chi connectivity index (χ2v) is 4.78. The number of esters is 1. The van der Waals surface area contributed by atoms with Gasteiger partial charge < -0.3 is 10.1 Å². The average molecular weight is 233 g/mol. The van der Waals surface area contributed by atoms with Gasteiger partial charge in [-0.25, -0.2) is 4.79 Å². The quantitative estimate of drug-likeness (QED) is 0.788. The zero-order valence-electron chi connectivity index (χ0n) is 9.90. The van der Waals surface area contributed by atoms with Crippen LogP contribution in [0.2, 0.25) is 0 Å². The van der Waals surface area contributed by atoms with E-state index in [0.717, 1.165) is 0 Å². The van der Waals surface area contributed by atoms with Gasteiger partial charge in [0.2, 0.25) is 0 Å². The SMILES string of the molecule is CC1(C)C[C@H](NC(=O)c2ccccc2)C(=O)O1. The van der Waals surface area contributed by atoms with Gasteiger partial charge in [-0.05, 0) is 26.0 Å². The van der Waals surface area contributed by atoms with E-state index in [-0.39, 0.29) is 11.9 Å². The van der Waals surface area contributed by atoms with Crippen LogP contribution in [0.3, 0.4) is 0 Å². The smallest absolute Gasteiger partial charge is 0.329 e. The number of amides is 1. The number of hydrogen-bond acceptors (Lipinski definition) is 3. The van der Waals surface area contributed by atoms with Gasteiger partial charge in [-0.15, -0.1) is 0 Å². The van der Waals surface area contributed by atoms with Gasteiger partial charge >= 0.3 is 5.97 Å². The normalized spacial score (nSPS) is 22.0. The third-order valence-electron chi connectivity index (χ3n) is 2.70. The van der Waals surface area contributed by atoms with Crippen LogP contribution in [-0.4, -0.2) is 23.5 Å². The molecule has 1 aromatic rings. The van der Waals surface area contributed by atoms with E-state index in [9.17, 15) is 9.59 Å². The Morgan fingerprint density at radius 1 is 1.35 bits per heavy atom. The van der Waals surface area contributed by atoms with Crippen molar-refractivity contribution in [2.45, 2.75) is 31.9 Å². The van der Waals surface area contributed by atoms with E-state index >= 15 is 0 Å². The van der Waals surface area contributed by atoms with E-state index in [1.807, 2.05) is 19.9 Å². The lowest BCUT2D eigenvalue weighted by molar-refractivity contribution is -0.147. The molecule has 4 heteroatoms. The van der Waals surface area contributed by atoms with Crippen LogP contribution in [0.25, 0.3) is 0 Å². The summed E-state index contributed by atoms with van der Waals surface area (Å²) in [5.74, 6) is -0.607. The molecule has 1 aromatic carbocycles. The van der Waals surface area contributed by atoms with Crippen LogP contribution < -0.4 is 5.32 Å². The lowest BCUT2D eigenvalue weighted by atomic mass is 10.0. The maximum atomic E-state index is 11.8. The van der Waals surface area contributed by atoms with Crippen LogP contribution in [0.1, 0.15) is 30.6 Å². The van der Waals surface area contributed by atoms with Crippen molar-refractivity contribution < 1.29 is 14.3 Å². The predicted molar refractivity (Wildman–Crippen MR) is 62.5 cm³/mol. The Labute approximate surface area is 100.0 Å². The number of rotatable bonds is 2. The number of ether oxygens (including phenoxy) is 1. The van der Waals surface area contributed by atoms with Crippen LogP contribution >= 0.6 is 0 Å². The van der Waals surface area contributed by atoms with Crippen LogP contribution in [0.15, 0.2) is 30.3 Å². The Morgan fingerprint density at radius 3 is 2.53 bits per heavy atom. The van der Waals surface area contributed by atoms with Crippen molar-refractivity contribution in [3.63, 3.8) is 0 Å². The minimum atomic E-state index is -0.544. The summed E-state index contributed by atoms with van der Waals surface area (Å²) < 4.78 is 5.14. The number of benzene rings is 1. The van der Waals surface area contributed by atoms with Crippen molar-refractivity contribution >= 4 is 11.9 Å². The molecule has 2 rings (SSSR count). The summed E-state index contributed by atoms with van der Waals surface area (Å²) in [6.45, 7) is 3.67. The second-order valence-electron chi connectivity index (χ2n) is 4.78. The Kier molecular flexibility index (Phi) is 2.88. The molecule has 1 amide bonds. The summed E-state index contributed by atoms with van der Waals surface area (Å²) in [5, 5.41) is 2.69. The number of hydrogen-bond donors (Lipinski definition) is 1. The standard InChI is InChI=1S/C13H15NO3/c1-13(2)8-10(12(16)17-13)14-11(15)9-6-4-3-5-7-9/h3-7,10H,8H2,1-2H3,(H,14,15)/t10-/m0/s1. The van der Waals surface area contributed by atoms with E-state index in [1.165, 1.54) is 0 Å².